The Labute approximate surface area is 126 Å². The molecule has 0 radical (unpaired) electrons. The van der Waals surface area contributed by atoms with E-state index in [1.54, 1.807) is 12.1 Å². The van der Waals surface area contributed by atoms with Crippen molar-refractivity contribution in [1.29, 1.82) is 0 Å². The number of carbonyl (C=O) groups is 1. The molecule has 2 aromatic rings. The van der Waals surface area contributed by atoms with E-state index in [-0.39, 0.29) is 5.78 Å². The molecule has 0 fully saturated rings. The molecule has 0 aliphatic rings. The fourth-order valence-corrected chi connectivity index (χ4v) is 2.58. The number of aryl methyl sites for hydroxylation is 1. The quantitative estimate of drug-likeness (QED) is 0.676. The first kappa shape index (κ1) is 14.3. The van der Waals surface area contributed by atoms with Crippen molar-refractivity contribution in [3.05, 3.63) is 69.2 Å². The minimum Gasteiger partial charge on any atom is -0.294 e. The van der Waals surface area contributed by atoms with Gasteiger partial charge in [0.15, 0.2) is 5.78 Å². The van der Waals surface area contributed by atoms with Crippen molar-refractivity contribution >= 4 is 33.3 Å². The second-order valence-corrected chi connectivity index (χ2v) is 5.68. The Bertz CT molecular complexity index is 566. The number of hydrogen-bond donors (Lipinski definition) is 0. The first-order chi connectivity index (χ1) is 9.16. The van der Waals surface area contributed by atoms with Crippen LogP contribution in [0.3, 0.4) is 0 Å². The standard InChI is InChI=1S/C16H14BrClO/c17-15-10-9-13(18)11-14(15)16(19)8-4-7-12-5-2-1-3-6-12/h1-3,5-6,9-11H,4,7-8H2. The van der Waals surface area contributed by atoms with E-state index in [0.717, 1.165) is 17.3 Å². The van der Waals surface area contributed by atoms with Crippen LogP contribution in [0, 0.1) is 0 Å². The summed E-state index contributed by atoms with van der Waals surface area (Å²) in [5.74, 6) is 0.130. The third kappa shape index (κ3) is 4.19. The molecule has 2 aromatic carbocycles. The maximum atomic E-state index is 12.1. The van der Waals surface area contributed by atoms with Crippen LogP contribution in [0.2, 0.25) is 5.02 Å². The molecule has 0 saturated heterocycles. The van der Waals surface area contributed by atoms with Crippen LogP contribution in [-0.4, -0.2) is 5.78 Å². The predicted molar refractivity (Wildman–Crippen MR) is 82.9 cm³/mol. The molecule has 0 spiro atoms. The Morgan fingerprint density at radius 2 is 1.84 bits per heavy atom. The van der Waals surface area contributed by atoms with Gasteiger partial charge in [-0.15, -0.1) is 0 Å². The summed E-state index contributed by atoms with van der Waals surface area (Å²) >= 11 is 9.31. The monoisotopic (exact) mass is 336 g/mol. The molecule has 0 unspecified atom stereocenters. The molecule has 0 amide bonds. The van der Waals surface area contributed by atoms with Gasteiger partial charge in [0.2, 0.25) is 0 Å². The molecule has 0 saturated carbocycles. The van der Waals surface area contributed by atoms with E-state index in [9.17, 15) is 4.79 Å². The summed E-state index contributed by atoms with van der Waals surface area (Å²) in [5.41, 5.74) is 1.93. The topological polar surface area (TPSA) is 17.1 Å². The molecule has 0 N–H and O–H groups in total. The van der Waals surface area contributed by atoms with Gasteiger partial charge in [-0.1, -0.05) is 57.9 Å². The van der Waals surface area contributed by atoms with E-state index in [1.165, 1.54) is 5.56 Å². The lowest BCUT2D eigenvalue weighted by molar-refractivity contribution is 0.0979. The summed E-state index contributed by atoms with van der Waals surface area (Å²) < 4.78 is 0.807. The van der Waals surface area contributed by atoms with Crippen LogP contribution in [-0.2, 0) is 6.42 Å². The molecule has 1 nitrogen and oxygen atoms in total. The van der Waals surface area contributed by atoms with E-state index < -0.39 is 0 Å². The van der Waals surface area contributed by atoms with E-state index in [2.05, 4.69) is 28.1 Å². The van der Waals surface area contributed by atoms with Crippen molar-refractivity contribution in [1.82, 2.24) is 0 Å². The van der Waals surface area contributed by atoms with Gasteiger partial charge in [-0.05, 0) is 36.6 Å². The Balaban J connectivity index is 1.93. The highest BCUT2D eigenvalue weighted by Crippen LogP contribution is 2.23. The zero-order valence-corrected chi connectivity index (χ0v) is 12.7. The SMILES string of the molecule is O=C(CCCc1ccccc1)c1cc(Cl)ccc1Br. The molecule has 0 atom stereocenters. The number of hydrogen-bond acceptors (Lipinski definition) is 1. The summed E-state index contributed by atoms with van der Waals surface area (Å²) in [7, 11) is 0. The Morgan fingerprint density at radius 1 is 1.11 bits per heavy atom. The second-order valence-electron chi connectivity index (χ2n) is 4.39. The molecule has 19 heavy (non-hydrogen) atoms. The number of rotatable bonds is 5. The van der Waals surface area contributed by atoms with E-state index in [0.29, 0.717) is 17.0 Å². The maximum Gasteiger partial charge on any atom is 0.164 e. The smallest absolute Gasteiger partial charge is 0.164 e. The third-order valence-corrected chi connectivity index (χ3v) is 3.87. The van der Waals surface area contributed by atoms with Crippen LogP contribution in [0.15, 0.2) is 53.0 Å². The van der Waals surface area contributed by atoms with Crippen LogP contribution >= 0.6 is 27.5 Å². The van der Waals surface area contributed by atoms with Gasteiger partial charge in [-0.25, -0.2) is 0 Å². The Morgan fingerprint density at radius 3 is 2.58 bits per heavy atom. The van der Waals surface area contributed by atoms with Gasteiger partial charge in [-0.2, -0.15) is 0 Å². The van der Waals surface area contributed by atoms with Crippen molar-refractivity contribution in [2.45, 2.75) is 19.3 Å². The van der Waals surface area contributed by atoms with Gasteiger partial charge in [0.25, 0.3) is 0 Å². The number of Topliss-reactive ketones (excluding diaryl/α,β-unsaturated/α-hetero) is 1. The van der Waals surface area contributed by atoms with Crippen molar-refractivity contribution in [3.63, 3.8) is 0 Å². The predicted octanol–water partition coefficient (Wildman–Crippen LogP) is 5.31. The van der Waals surface area contributed by atoms with Gasteiger partial charge >= 0.3 is 0 Å². The van der Waals surface area contributed by atoms with E-state index in [4.69, 9.17) is 11.6 Å². The fourth-order valence-electron chi connectivity index (χ4n) is 1.94. The number of carbonyl (C=O) groups excluding carboxylic acids is 1. The molecule has 98 valence electrons. The van der Waals surface area contributed by atoms with Crippen molar-refractivity contribution in [2.24, 2.45) is 0 Å². The molecule has 3 heteroatoms. The Hall–Kier alpha value is -1.12. The lowest BCUT2D eigenvalue weighted by Gasteiger charge is -2.05. The first-order valence-electron chi connectivity index (χ1n) is 6.19. The molecule has 0 aliphatic carbocycles. The normalized spacial score (nSPS) is 10.4. The highest BCUT2D eigenvalue weighted by Gasteiger charge is 2.10. The summed E-state index contributed by atoms with van der Waals surface area (Å²) in [5, 5.41) is 0.592. The number of halogens is 2. The molecular formula is C16H14BrClO. The van der Waals surface area contributed by atoms with Crippen LogP contribution < -0.4 is 0 Å². The van der Waals surface area contributed by atoms with Gasteiger partial charge in [-0.3, -0.25) is 4.79 Å². The summed E-state index contributed by atoms with van der Waals surface area (Å²) in [6.45, 7) is 0. The molecule has 0 aliphatic heterocycles. The maximum absolute atomic E-state index is 12.1. The summed E-state index contributed by atoms with van der Waals surface area (Å²) in [4.78, 5) is 12.1. The second kappa shape index (κ2) is 6.88. The summed E-state index contributed by atoms with van der Waals surface area (Å²) in [6.07, 6.45) is 2.31. The van der Waals surface area contributed by atoms with Crippen molar-refractivity contribution < 1.29 is 4.79 Å². The zero-order chi connectivity index (χ0) is 13.7. The average Bonchev–Trinajstić information content (AvgIpc) is 2.42. The third-order valence-electron chi connectivity index (χ3n) is 2.94. The average molecular weight is 338 g/mol. The molecule has 0 aromatic heterocycles. The fraction of sp³-hybridized carbons (Fsp3) is 0.188. The van der Waals surface area contributed by atoms with Gasteiger partial charge < -0.3 is 0 Å². The van der Waals surface area contributed by atoms with E-state index in [1.807, 2.05) is 24.3 Å². The number of benzene rings is 2. The molecule has 2 rings (SSSR count). The van der Waals surface area contributed by atoms with Crippen molar-refractivity contribution in [3.8, 4) is 0 Å². The highest BCUT2D eigenvalue weighted by molar-refractivity contribution is 9.10. The minimum absolute atomic E-state index is 0.130. The van der Waals surface area contributed by atoms with Gasteiger partial charge in [0.05, 0.1) is 0 Å². The molecular weight excluding hydrogens is 324 g/mol. The summed E-state index contributed by atoms with van der Waals surface area (Å²) in [6, 6.07) is 15.5. The van der Waals surface area contributed by atoms with Crippen LogP contribution in [0.1, 0.15) is 28.8 Å². The minimum atomic E-state index is 0.130. The Kier molecular flexibility index (Phi) is 5.17. The van der Waals surface area contributed by atoms with Crippen LogP contribution in [0.4, 0.5) is 0 Å². The molecule has 0 heterocycles. The first-order valence-corrected chi connectivity index (χ1v) is 7.36. The van der Waals surface area contributed by atoms with Crippen molar-refractivity contribution in [2.75, 3.05) is 0 Å². The van der Waals surface area contributed by atoms with Gasteiger partial charge in [0.1, 0.15) is 0 Å². The molecule has 0 bridgehead atoms. The number of ketones is 1. The van der Waals surface area contributed by atoms with Crippen LogP contribution in [0.25, 0.3) is 0 Å². The van der Waals surface area contributed by atoms with E-state index >= 15 is 0 Å². The largest absolute Gasteiger partial charge is 0.294 e. The van der Waals surface area contributed by atoms with Crippen LogP contribution in [0.5, 0.6) is 0 Å². The highest BCUT2D eigenvalue weighted by atomic mass is 79.9. The lowest BCUT2D eigenvalue weighted by atomic mass is 10.0. The lowest BCUT2D eigenvalue weighted by Crippen LogP contribution is -2.01. The van der Waals surface area contributed by atoms with Gasteiger partial charge in [0, 0.05) is 21.5 Å². The zero-order valence-electron chi connectivity index (χ0n) is 10.4.